The summed E-state index contributed by atoms with van der Waals surface area (Å²) in [5.74, 6) is 0.679. The number of carboxylic acid groups (broad SMARTS) is 1. The smallest absolute Gasteiger partial charge is 0.323 e. The number of hydrogen-bond donors (Lipinski definition) is 1. The van der Waals surface area contributed by atoms with Crippen molar-refractivity contribution in [3.8, 4) is 11.5 Å². The Morgan fingerprint density at radius 2 is 1.71 bits per heavy atom. The van der Waals surface area contributed by atoms with Gasteiger partial charge in [-0.2, -0.15) is 0 Å². The molecule has 0 unspecified atom stereocenters. The molecule has 0 aliphatic heterocycles. The van der Waals surface area contributed by atoms with Crippen molar-refractivity contribution < 1.29 is 24.2 Å². The van der Waals surface area contributed by atoms with Gasteiger partial charge < -0.3 is 19.5 Å². The molecule has 0 bridgehead atoms. The Balaban J connectivity index is 1.68. The number of benzene rings is 2. The number of carboxylic acids is 1. The van der Waals surface area contributed by atoms with Crippen LogP contribution < -0.4 is 9.47 Å². The number of hydrogen-bond acceptors (Lipinski definition) is 4. The van der Waals surface area contributed by atoms with Gasteiger partial charge in [0.05, 0.1) is 14.2 Å². The minimum atomic E-state index is -1.03. The summed E-state index contributed by atoms with van der Waals surface area (Å²) in [4.78, 5) is 25.5. The highest BCUT2D eigenvalue weighted by Crippen LogP contribution is 2.49. The van der Waals surface area contributed by atoms with Gasteiger partial charge >= 0.3 is 5.97 Å². The first-order chi connectivity index (χ1) is 13.5. The number of methoxy groups -OCH3 is 2. The average molecular weight is 383 g/mol. The highest BCUT2D eigenvalue weighted by molar-refractivity contribution is 5.82. The largest absolute Gasteiger partial charge is 0.497 e. The van der Waals surface area contributed by atoms with Gasteiger partial charge in [0.25, 0.3) is 0 Å². The minimum Gasteiger partial charge on any atom is -0.497 e. The second-order valence-electron chi connectivity index (χ2n) is 7.08. The molecule has 0 radical (unpaired) electrons. The van der Waals surface area contributed by atoms with Crippen LogP contribution in [-0.2, 0) is 16.1 Å². The monoisotopic (exact) mass is 383 g/mol. The second kappa shape index (κ2) is 8.78. The molecule has 28 heavy (non-hydrogen) atoms. The fourth-order valence-corrected chi connectivity index (χ4v) is 3.51. The van der Waals surface area contributed by atoms with E-state index in [0.717, 1.165) is 12.0 Å². The number of ether oxygens (including phenoxy) is 2. The summed E-state index contributed by atoms with van der Waals surface area (Å²) in [6.07, 6.45) is 1.32. The van der Waals surface area contributed by atoms with Crippen LogP contribution in [0.3, 0.4) is 0 Å². The fraction of sp³-hybridized carbons (Fsp3) is 0.364. The van der Waals surface area contributed by atoms with Crippen LogP contribution >= 0.6 is 0 Å². The van der Waals surface area contributed by atoms with Gasteiger partial charge in [-0.15, -0.1) is 0 Å². The molecule has 1 N–H and O–H groups in total. The quantitative estimate of drug-likeness (QED) is 0.719. The molecule has 0 aromatic heterocycles. The van der Waals surface area contributed by atoms with Crippen LogP contribution in [0.1, 0.15) is 29.9 Å². The molecule has 0 spiro atoms. The number of aliphatic carboxylic acids is 1. The van der Waals surface area contributed by atoms with Gasteiger partial charge in [0.15, 0.2) is 0 Å². The van der Waals surface area contributed by atoms with Crippen molar-refractivity contribution in [3.05, 3.63) is 59.7 Å². The molecule has 148 valence electrons. The number of nitrogens with zero attached hydrogens (tertiary/aromatic N) is 1. The molecule has 2 aromatic rings. The highest BCUT2D eigenvalue weighted by Gasteiger charge is 2.40. The summed E-state index contributed by atoms with van der Waals surface area (Å²) in [6, 6.07) is 15.4. The topological polar surface area (TPSA) is 76.1 Å². The van der Waals surface area contributed by atoms with Gasteiger partial charge in [-0.3, -0.25) is 9.59 Å². The van der Waals surface area contributed by atoms with Gasteiger partial charge in [0.1, 0.15) is 18.0 Å². The predicted octanol–water partition coefficient (Wildman–Crippen LogP) is 3.31. The molecule has 3 rings (SSSR count). The van der Waals surface area contributed by atoms with Crippen LogP contribution in [0.25, 0.3) is 0 Å². The molecular weight excluding hydrogens is 358 g/mol. The molecule has 6 heteroatoms. The molecule has 1 aliphatic rings. The normalized spacial score (nSPS) is 17.6. The summed E-state index contributed by atoms with van der Waals surface area (Å²) in [5.41, 5.74) is 2.00. The zero-order valence-corrected chi connectivity index (χ0v) is 16.1. The third kappa shape index (κ3) is 5.03. The van der Waals surface area contributed by atoms with Gasteiger partial charge in [-0.05, 0) is 41.5 Å². The van der Waals surface area contributed by atoms with Crippen LogP contribution in [0.4, 0.5) is 0 Å². The van der Waals surface area contributed by atoms with E-state index in [0.29, 0.717) is 23.8 Å². The van der Waals surface area contributed by atoms with Crippen LogP contribution in [0, 0.1) is 5.92 Å². The fourth-order valence-electron chi connectivity index (χ4n) is 3.51. The van der Waals surface area contributed by atoms with Crippen LogP contribution in [0.15, 0.2) is 48.5 Å². The lowest BCUT2D eigenvalue weighted by Gasteiger charge is -2.21. The first kappa shape index (κ1) is 19.7. The van der Waals surface area contributed by atoms with Gasteiger partial charge in [-0.25, -0.2) is 0 Å². The average Bonchev–Trinajstić information content (AvgIpc) is 3.46. The number of rotatable bonds is 9. The van der Waals surface area contributed by atoms with E-state index in [1.807, 2.05) is 18.2 Å². The molecule has 6 nitrogen and oxygen atoms in total. The third-order valence-electron chi connectivity index (χ3n) is 5.05. The van der Waals surface area contributed by atoms with Gasteiger partial charge in [0.2, 0.25) is 5.91 Å². The van der Waals surface area contributed by atoms with E-state index in [1.54, 1.807) is 32.4 Å². The molecular formula is C22H25NO5. The highest BCUT2D eigenvalue weighted by atomic mass is 16.5. The molecule has 2 atom stereocenters. The first-order valence-corrected chi connectivity index (χ1v) is 9.26. The maximum absolute atomic E-state index is 12.8. The van der Waals surface area contributed by atoms with Crippen molar-refractivity contribution >= 4 is 11.9 Å². The SMILES string of the molecule is COc1cc(CN(CC(=O)O)C(=O)C[C@@H]2C[C@H]2c2ccccc2)cc(OC)c1. The lowest BCUT2D eigenvalue weighted by atomic mass is 10.1. The van der Waals surface area contributed by atoms with E-state index in [1.165, 1.54) is 10.5 Å². The zero-order chi connectivity index (χ0) is 20.1. The Morgan fingerprint density at radius 1 is 1.07 bits per heavy atom. The van der Waals surface area contributed by atoms with E-state index in [9.17, 15) is 14.7 Å². The van der Waals surface area contributed by atoms with E-state index < -0.39 is 5.97 Å². The summed E-state index contributed by atoms with van der Waals surface area (Å²) in [5, 5.41) is 9.25. The first-order valence-electron chi connectivity index (χ1n) is 9.26. The van der Waals surface area contributed by atoms with E-state index >= 15 is 0 Å². The van der Waals surface area contributed by atoms with Crippen LogP contribution in [0.2, 0.25) is 0 Å². The minimum absolute atomic E-state index is 0.146. The van der Waals surface area contributed by atoms with Gasteiger partial charge in [-0.1, -0.05) is 30.3 Å². The maximum atomic E-state index is 12.8. The van der Waals surface area contributed by atoms with Crippen molar-refractivity contribution in [2.75, 3.05) is 20.8 Å². The molecule has 0 saturated heterocycles. The van der Waals surface area contributed by atoms with Crippen molar-refractivity contribution in [1.82, 2.24) is 4.90 Å². The summed E-state index contributed by atoms with van der Waals surface area (Å²) < 4.78 is 10.5. The standard InChI is InChI=1S/C22H25NO5/c1-27-18-8-15(9-19(12-18)28-2)13-23(14-22(25)26)21(24)11-17-10-20(17)16-6-4-3-5-7-16/h3-9,12,17,20H,10-11,13-14H2,1-2H3,(H,25,26)/t17-,20-/m0/s1. The third-order valence-corrected chi connectivity index (χ3v) is 5.05. The lowest BCUT2D eigenvalue weighted by molar-refractivity contribution is -0.145. The van der Waals surface area contributed by atoms with Crippen molar-refractivity contribution in [2.24, 2.45) is 5.92 Å². The number of carbonyl (C=O) groups is 2. The molecule has 1 aliphatic carbocycles. The second-order valence-corrected chi connectivity index (χ2v) is 7.08. The molecule has 0 heterocycles. The van der Waals surface area contributed by atoms with E-state index in [-0.39, 0.29) is 24.9 Å². The molecule has 1 amide bonds. The van der Waals surface area contributed by atoms with Gasteiger partial charge in [0, 0.05) is 19.0 Å². The van der Waals surface area contributed by atoms with Crippen molar-refractivity contribution in [1.29, 1.82) is 0 Å². The van der Waals surface area contributed by atoms with E-state index in [4.69, 9.17) is 9.47 Å². The van der Waals surface area contributed by atoms with Crippen LogP contribution in [0.5, 0.6) is 11.5 Å². The van der Waals surface area contributed by atoms with E-state index in [2.05, 4.69) is 12.1 Å². The summed E-state index contributed by atoms with van der Waals surface area (Å²) in [7, 11) is 3.10. The van der Waals surface area contributed by atoms with Crippen molar-refractivity contribution in [3.63, 3.8) is 0 Å². The maximum Gasteiger partial charge on any atom is 0.323 e. The molecule has 1 saturated carbocycles. The Kier molecular flexibility index (Phi) is 6.19. The van der Waals surface area contributed by atoms with Crippen LogP contribution in [-0.4, -0.2) is 42.6 Å². The molecule has 2 aromatic carbocycles. The van der Waals surface area contributed by atoms with Crippen molar-refractivity contribution in [2.45, 2.75) is 25.3 Å². The number of amides is 1. The number of carbonyl (C=O) groups excluding carboxylic acids is 1. The lowest BCUT2D eigenvalue weighted by Crippen LogP contribution is -2.35. The zero-order valence-electron chi connectivity index (χ0n) is 16.1. The summed E-state index contributed by atoms with van der Waals surface area (Å²) in [6.45, 7) is -0.136. The Bertz CT molecular complexity index is 814. The Labute approximate surface area is 164 Å². The Morgan fingerprint density at radius 3 is 2.29 bits per heavy atom. The Hall–Kier alpha value is -3.02. The summed E-state index contributed by atoms with van der Waals surface area (Å²) >= 11 is 0. The predicted molar refractivity (Wildman–Crippen MR) is 105 cm³/mol. The molecule has 1 fully saturated rings.